The molecule has 0 aliphatic carbocycles. The molecule has 0 saturated carbocycles. The van der Waals surface area contributed by atoms with E-state index in [1.54, 1.807) is 0 Å². The lowest BCUT2D eigenvalue weighted by molar-refractivity contribution is 0.717. The van der Waals surface area contributed by atoms with E-state index in [4.69, 9.17) is 5.73 Å². The molecule has 92 valence electrons. The van der Waals surface area contributed by atoms with Crippen LogP contribution in [-0.2, 0) is 0 Å². The predicted octanol–water partition coefficient (Wildman–Crippen LogP) is 4.32. The van der Waals surface area contributed by atoms with Gasteiger partial charge in [-0.2, -0.15) is 0 Å². The lowest BCUT2D eigenvalue weighted by atomic mass is 9.97. The third-order valence-corrected chi connectivity index (χ3v) is 2.99. The van der Waals surface area contributed by atoms with Gasteiger partial charge in [0.25, 0.3) is 0 Å². The standard InChI is InChI=1S/C17H19N/c1-13(2)11-17(18)16-10-6-9-15(12-16)14-7-4-3-5-8-14/h3-10,12,17H,1,11,18H2,2H3/t17-/m0/s1. The largest absolute Gasteiger partial charge is 0.324 e. The average Bonchev–Trinajstić information content (AvgIpc) is 2.39. The molecule has 0 aliphatic heterocycles. The Hall–Kier alpha value is -1.86. The minimum Gasteiger partial charge on any atom is -0.324 e. The molecule has 0 fully saturated rings. The van der Waals surface area contributed by atoms with E-state index in [9.17, 15) is 0 Å². The minimum absolute atomic E-state index is 0.0335. The Balaban J connectivity index is 2.28. The van der Waals surface area contributed by atoms with Gasteiger partial charge in [-0.25, -0.2) is 0 Å². The molecular formula is C17H19N. The van der Waals surface area contributed by atoms with Gasteiger partial charge in [-0.15, -0.1) is 6.58 Å². The van der Waals surface area contributed by atoms with Crippen LogP contribution in [0.4, 0.5) is 0 Å². The van der Waals surface area contributed by atoms with Crippen LogP contribution in [0.3, 0.4) is 0 Å². The van der Waals surface area contributed by atoms with Crippen molar-refractivity contribution in [3.63, 3.8) is 0 Å². The van der Waals surface area contributed by atoms with Crippen LogP contribution in [0, 0.1) is 0 Å². The Kier molecular flexibility index (Phi) is 3.96. The summed E-state index contributed by atoms with van der Waals surface area (Å²) in [6.45, 7) is 5.94. The van der Waals surface area contributed by atoms with Gasteiger partial charge in [-0.05, 0) is 36.1 Å². The highest BCUT2D eigenvalue weighted by Gasteiger charge is 2.07. The van der Waals surface area contributed by atoms with E-state index in [0.717, 1.165) is 12.0 Å². The molecule has 2 rings (SSSR count). The average molecular weight is 237 g/mol. The molecule has 1 heteroatoms. The predicted molar refractivity (Wildman–Crippen MR) is 78.2 cm³/mol. The fourth-order valence-electron chi connectivity index (χ4n) is 2.07. The van der Waals surface area contributed by atoms with Gasteiger partial charge >= 0.3 is 0 Å². The summed E-state index contributed by atoms with van der Waals surface area (Å²) >= 11 is 0. The van der Waals surface area contributed by atoms with Crippen molar-refractivity contribution in [2.75, 3.05) is 0 Å². The molecule has 0 aromatic heterocycles. The molecule has 1 nitrogen and oxygen atoms in total. The zero-order chi connectivity index (χ0) is 13.0. The lowest BCUT2D eigenvalue weighted by Crippen LogP contribution is -2.10. The summed E-state index contributed by atoms with van der Waals surface area (Å²) in [4.78, 5) is 0. The molecule has 2 aromatic rings. The normalized spacial score (nSPS) is 12.1. The Morgan fingerprint density at radius 2 is 1.72 bits per heavy atom. The first kappa shape index (κ1) is 12.6. The molecule has 0 bridgehead atoms. The molecular weight excluding hydrogens is 218 g/mol. The Bertz CT molecular complexity index is 528. The van der Waals surface area contributed by atoms with Crippen molar-refractivity contribution in [3.8, 4) is 11.1 Å². The van der Waals surface area contributed by atoms with E-state index in [-0.39, 0.29) is 6.04 Å². The van der Waals surface area contributed by atoms with Gasteiger partial charge in [-0.3, -0.25) is 0 Å². The van der Waals surface area contributed by atoms with Crippen LogP contribution in [0.2, 0.25) is 0 Å². The summed E-state index contributed by atoms with van der Waals surface area (Å²) < 4.78 is 0. The maximum Gasteiger partial charge on any atom is 0.0332 e. The monoisotopic (exact) mass is 237 g/mol. The van der Waals surface area contributed by atoms with Crippen molar-refractivity contribution < 1.29 is 0 Å². The summed E-state index contributed by atoms with van der Waals surface area (Å²) in [5.74, 6) is 0. The molecule has 0 heterocycles. The minimum atomic E-state index is 0.0335. The number of hydrogen-bond acceptors (Lipinski definition) is 1. The molecule has 0 spiro atoms. The fourth-order valence-corrected chi connectivity index (χ4v) is 2.07. The fraction of sp³-hybridized carbons (Fsp3) is 0.176. The van der Waals surface area contributed by atoms with Gasteiger partial charge in [0.15, 0.2) is 0 Å². The van der Waals surface area contributed by atoms with E-state index in [1.807, 2.05) is 13.0 Å². The number of benzene rings is 2. The van der Waals surface area contributed by atoms with Crippen molar-refractivity contribution in [2.45, 2.75) is 19.4 Å². The molecule has 0 saturated heterocycles. The quantitative estimate of drug-likeness (QED) is 0.787. The molecule has 0 aliphatic rings. The van der Waals surface area contributed by atoms with Crippen molar-refractivity contribution in [2.24, 2.45) is 5.73 Å². The summed E-state index contributed by atoms with van der Waals surface area (Å²) in [5.41, 5.74) is 10.9. The van der Waals surface area contributed by atoms with Crippen LogP contribution in [0.25, 0.3) is 11.1 Å². The highest BCUT2D eigenvalue weighted by Crippen LogP contribution is 2.24. The van der Waals surface area contributed by atoms with E-state index >= 15 is 0 Å². The smallest absolute Gasteiger partial charge is 0.0332 e. The highest BCUT2D eigenvalue weighted by atomic mass is 14.6. The molecule has 0 radical (unpaired) electrons. The molecule has 18 heavy (non-hydrogen) atoms. The summed E-state index contributed by atoms with van der Waals surface area (Å²) in [6.07, 6.45) is 0.832. The number of nitrogens with two attached hydrogens (primary N) is 1. The summed E-state index contributed by atoms with van der Waals surface area (Å²) in [7, 11) is 0. The molecule has 2 aromatic carbocycles. The van der Waals surface area contributed by atoms with Crippen LogP contribution in [-0.4, -0.2) is 0 Å². The van der Waals surface area contributed by atoms with Crippen LogP contribution in [0.15, 0.2) is 66.7 Å². The molecule has 1 atom stereocenters. The summed E-state index contributed by atoms with van der Waals surface area (Å²) in [6, 6.07) is 18.8. The van der Waals surface area contributed by atoms with Gasteiger partial charge in [-0.1, -0.05) is 54.1 Å². The lowest BCUT2D eigenvalue weighted by Gasteiger charge is -2.13. The zero-order valence-corrected chi connectivity index (χ0v) is 10.8. The topological polar surface area (TPSA) is 26.0 Å². The third-order valence-electron chi connectivity index (χ3n) is 2.99. The third kappa shape index (κ3) is 3.08. The van der Waals surface area contributed by atoms with Crippen molar-refractivity contribution in [1.29, 1.82) is 0 Å². The maximum absolute atomic E-state index is 6.18. The number of hydrogen-bond donors (Lipinski definition) is 1. The van der Waals surface area contributed by atoms with Crippen LogP contribution >= 0.6 is 0 Å². The van der Waals surface area contributed by atoms with Crippen molar-refractivity contribution in [3.05, 3.63) is 72.3 Å². The first-order valence-corrected chi connectivity index (χ1v) is 6.22. The van der Waals surface area contributed by atoms with Gasteiger partial charge in [0.1, 0.15) is 0 Å². The van der Waals surface area contributed by atoms with Crippen LogP contribution < -0.4 is 5.73 Å². The van der Waals surface area contributed by atoms with Crippen molar-refractivity contribution >= 4 is 0 Å². The second kappa shape index (κ2) is 5.65. The molecule has 2 N–H and O–H groups in total. The van der Waals surface area contributed by atoms with E-state index in [0.29, 0.717) is 0 Å². The van der Waals surface area contributed by atoms with Gasteiger partial charge in [0.2, 0.25) is 0 Å². The SMILES string of the molecule is C=C(C)C[C@H](N)c1cccc(-c2ccccc2)c1. The zero-order valence-electron chi connectivity index (χ0n) is 10.8. The van der Waals surface area contributed by atoms with Crippen LogP contribution in [0.5, 0.6) is 0 Å². The molecule has 0 unspecified atom stereocenters. The first-order chi connectivity index (χ1) is 8.66. The maximum atomic E-state index is 6.18. The van der Waals surface area contributed by atoms with E-state index in [1.165, 1.54) is 16.7 Å². The van der Waals surface area contributed by atoms with E-state index < -0.39 is 0 Å². The molecule has 0 amide bonds. The van der Waals surface area contributed by atoms with Gasteiger partial charge in [0.05, 0.1) is 0 Å². The van der Waals surface area contributed by atoms with Gasteiger partial charge in [0, 0.05) is 6.04 Å². The first-order valence-electron chi connectivity index (χ1n) is 6.22. The Morgan fingerprint density at radius 3 is 2.39 bits per heavy atom. The van der Waals surface area contributed by atoms with Gasteiger partial charge < -0.3 is 5.73 Å². The Labute approximate surface area is 109 Å². The second-order valence-corrected chi connectivity index (χ2v) is 4.76. The van der Waals surface area contributed by atoms with Crippen LogP contribution in [0.1, 0.15) is 24.9 Å². The van der Waals surface area contributed by atoms with Crippen molar-refractivity contribution in [1.82, 2.24) is 0 Å². The summed E-state index contributed by atoms with van der Waals surface area (Å²) in [5, 5.41) is 0. The van der Waals surface area contributed by atoms with E-state index in [2.05, 4.69) is 55.1 Å². The Morgan fingerprint density at radius 1 is 1.06 bits per heavy atom. The number of rotatable bonds is 4. The highest BCUT2D eigenvalue weighted by molar-refractivity contribution is 5.64. The second-order valence-electron chi connectivity index (χ2n) is 4.76.